The Bertz CT molecular complexity index is 4300. The monoisotopic (exact) mass is 1270 g/mol. The quantitative estimate of drug-likeness (QED) is 0.0229. The van der Waals surface area contributed by atoms with Crippen LogP contribution in [0, 0.1) is 0 Å². The number of aromatic carboxylic acids is 1. The summed E-state index contributed by atoms with van der Waals surface area (Å²) in [5.74, 6) is -3.88. The Hall–Kier alpha value is -10.7. The first-order valence-corrected chi connectivity index (χ1v) is 31.6. The number of carboxylic acid groups (broad SMARTS) is 1. The van der Waals surface area contributed by atoms with Crippen molar-refractivity contribution in [2.75, 3.05) is 95.2 Å². The van der Waals surface area contributed by atoms with E-state index in [1.807, 2.05) is 86.5 Å². The molecule has 2 aliphatic carbocycles. The Morgan fingerprint density at radius 3 is 1.89 bits per heavy atom. The van der Waals surface area contributed by atoms with E-state index in [0.717, 1.165) is 56.2 Å². The molecule has 1 atom stereocenters. The first kappa shape index (κ1) is 63.4. The zero-order chi connectivity index (χ0) is 66.2. The first-order valence-electron chi connectivity index (χ1n) is 31.6. The van der Waals surface area contributed by atoms with Crippen LogP contribution < -0.4 is 51.4 Å². The Morgan fingerprint density at radius 1 is 0.617 bits per heavy atom. The highest BCUT2D eigenvalue weighted by Crippen LogP contribution is 2.57. The number of amides is 5. The van der Waals surface area contributed by atoms with E-state index >= 15 is 0 Å². The maximum absolute atomic E-state index is 14.9. The molecule has 484 valence electrons. The van der Waals surface area contributed by atoms with Crippen molar-refractivity contribution in [2.45, 2.75) is 62.6 Å². The molecule has 1 saturated carbocycles. The van der Waals surface area contributed by atoms with E-state index in [4.69, 9.17) is 13.9 Å². The second-order valence-corrected chi connectivity index (χ2v) is 24.6. The van der Waals surface area contributed by atoms with Crippen LogP contribution in [0.5, 0.6) is 17.2 Å². The molecule has 5 amide bonds. The maximum Gasteiger partial charge on any atom is 0.340 e. The molecule has 6 aliphatic rings. The predicted octanol–water partition coefficient (Wildman–Crippen LogP) is 8.09. The van der Waals surface area contributed by atoms with Crippen LogP contribution in [0.4, 0.5) is 17.1 Å². The molecule has 2 fully saturated rings. The minimum atomic E-state index is -1.41. The molecular formula is C72H73N9O13. The molecule has 1 saturated heterocycles. The van der Waals surface area contributed by atoms with E-state index in [9.17, 15) is 48.6 Å². The molecule has 0 bridgehead atoms. The van der Waals surface area contributed by atoms with Gasteiger partial charge in [-0.25, -0.2) is 9.59 Å². The molecule has 0 unspecified atom stereocenters. The van der Waals surface area contributed by atoms with Gasteiger partial charge in [0.25, 0.3) is 17.7 Å². The fraction of sp³-hybridized carbons (Fsp3) is 0.306. The molecule has 22 heteroatoms. The SMILES string of the molecule is CCN1CCN(c2ccc(C(=O)NC3(C(=O)N[C@@H](CCNC(=O)c4ccc5c(c4)C(=O)OC54c5ccc(N(C)C)cc5Oc5cc(N(C)C)ccc54)C(=O)NCCNC(=O)c4ccc(-c5c6ccc(=O)cc-6oc6cc(O)ccc56)c(C(=O)O)c4)CCCCC3)cc2)CC1. The van der Waals surface area contributed by atoms with Gasteiger partial charge in [-0.15, -0.1) is 0 Å². The number of carbonyl (C=O) groups excluding carboxylic acids is 6. The summed E-state index contributed by atoms with van der Waals surface area (Å²) in [7, 11) is 7.66. The number of piperazine rings is 1. The highest BCUT2D eigenvalue weighted by Gasteiger charge is 2.54. The molecule has 4 aliphatic heterocycles. The number of carbonyl (C=O) groups is 7. The fourth-order valence-corrected chi connectivity index (χ4v) is 13.2. The Kier molecular flexibility index (Phi) is 17.6. The van der Waals surface area contributed by atoms with Crippen LogP contribution in [0.25, 0.3) is 33.4 Å². The summed E-state index contributed by atoms with van der Waals surface area (Å²) in [6.07, 6.45) is 2.55. The summed E-state index contributed by atoms with van der Waals surface area (Å²) < 4.78 is 18.9. The highest BCUT2D eigenvalue weighted by atomic mass is 16.6. The number of benzene rings is 7. The van der Waals surface area contributed by atoms with Gasteiger partial charge in [0.1, 0.15) is 40.2 Å². The maximum atomic E-state index is 14.9. The number of hydrogen-bond donors (Lipinski definition) is 7. The number of nitrogens with zero attached hydrogens (tertiary/aromatic N) is 4. The predicted molar refractivity (Wildman–Crippen MR) is 355 cm³/mol. The molecule has 7 N–H and O–H groups in total. The van der Waals surface area contributed by atoms with Gasteiger partial charge in [-0.3, -0.25) is 28.8 Å². The standard InChI is InChI=1S/C72H73N9O13/c1-6-80-32-34-81(35-33-80)45-14-10-42(11-15-45)66(86)77-71(27-8-7-9-28-71)70(91)76-58(67(87)75-31-30-74-65(85)43-12-20-50(53(36-43)68(88)89)63-51-21-18-48(82)40-59(51)92-60-41-49(83)19-22-52(60)63)26-29-73-64(84)44-13-23-55-54(37-44)69(90)94-72(55)56-24-16-46(78(2)3)38-61(56)93-62-39-47(79(4)5)17-25-57(62)72/h10-25,36-41,58,82H,6-9,26-35H2,1-5H3,(H,73,84)(H,74,85)(H,75,87)(H,76,91)(H,77,86)(H,88,89)/t58-/m0/s1. The number of nitrogens with one attached hydrogen (secondary N) is 5. The van der Waals surface area contributed by atoms with Crippen molar-refractivity contribution in [1.82, 2.24) is 31.5 Å². The molecular weight excluding hydrogens is 1200 g/mol. The number of ether oxygens (including phenoxy) is 2. The number of phenolic OH excluding ortho intramolecular Hbond substituents is 1. The summed E-state index contributed by atoms with van der Waals surface area (Å²) in [5, 5.41) is 35.6. The number of rotatable bonds is 19. The van der Waals surface area contributed by atoms with Crippen molar-refractivity contribution in [3.05, 3.63) is 188 Å². The van der Waals surface area contributed by atoms with Crippen LogP contribution in [0.3, 0.4) is 0 Å². The molecule has 0 aromatic heterocycles. The number of phenols is 1. The van der Waals surface area contributed by atoms with Gasteiger partial charge < -0.3 is 70.3 Å². The van der Waals surface area contributed by atoms with Crippen molar-refractivity contribution in [3.8, 4) is 39.7 Å². The molecule has 6 aromatic carbocycles. The number of aromatic hydroxyl groups is 1. The normalized spacial score (nSPS) is 15.5. The topological polar surface area (TPSA) is 282 Å². The minimum Gasteiger partial charge on any atom is -0.508 e. The molecule has 4 heterocycles. The Balaban J connectivity index is 0.767. The highest BCUT2D eigenvalue weighted by molar-refractivity contribution is 6.09. The summed E-state index contributed by atoms with van der Waals surface area (Å²) in [4.78, 5) is 120. The molecule has 94 heavy (non-hydrogen) atoms. The molecule has 6 aromatic rings. The van der Waals surface area contributed by atoms with Gasteiger partial charge >= 0.3 is 11.9 Å². The fourth-order valence-electron chi connectivity index (χ4n) is 13.2. The van der Waals surface area contributed by atoms with Crippen LogP contribution in [0.2, 0.25) is 0 Å². The average Bonchev–Trinajstić information content (AvgIpc) is 1.46. The van der Waals surface area contributed by atoms with E-state index in [1.165, 1.54) is 54.6 Å². The average molecular weight is 1270 g/mol. The Labute approximate surface area is 542 Å². The van der Waals surface area contributed by atoms with E-state index in [-0.39, 0.29) is 76.4 Å². The lowest BCUT2D eigenvalue weighted by Gasteiger charge is -2.38. The minimum absolute atomic E-state index is 0.0141. The van der Waals surface area contributed by atoms with Crippen LogP contribution >= 0.6 is 0 Å². The van der Waals surface area contributed by atoms with E-state index < -0.39 is 58.7 Å². The number of anilines is 3. The zero-order valence-corrected chi connectivity index (χ0v) is 52.9. The first-order chi connectivity index (χ1) is 45.2. The van der Waals surface area contributed by atoms with Gasteiger partial charge in [-0.2, -0.15) is 0 Å². The van der Waals surface area contributed by atoms with E-state index in [1.54, 1.807) is 30.3 Å². The molecule has 1 spiro atoms. The van der Waals surface area contributed by atoms with Crippen molar-refractivity contribution in [2.24, 2.45) is 0 Å². The second kappa shape index (κ2) is 26.1. The van der Waals surface area contributed by atoms with E-state index in [0.29, 0.717) is 75.9 Å². The van der Waals surface area contributed by atoms with E-state index in [2.05, 4.69) is 43.3 Å². The summed E-state index contributed by atoms with van der Waals surface area (Å²) >= 11 is 0. The summed E-state index contributed by atoms with van der Waals surface area (Å²) in [6, 6.07) is 34.8. The number of fused-ring (bicyclic) bond motifs is 8. The third-order valence-electron chi connectivity index (χ3n) is 18.4. The van der Waals surface area contributed by atoms with Crippen LogP contribution in [0.15, 0.2) is 143 Å². The van der Waals surface area contributed by atoms with Gasteiger partial charge in [-0.05, 0) is 128 Å². The number of esters is 1. The number of carboxylic acids is 1. The lowest BCUT2D eigenvalue weighted by atomic mass is 9.77. The number of hydrogen-bond acceptors (Lipinski definition) is 16. The third kappa shape index (κ3) is 12.3. The van der Waals surface area contributed by atoms with Crippen LogP contribution in [0.1, 0.15) is 114 Å². The molecule has 12 rings (SSSR count). The van der Waals surface area contributed by atoms with Crippen molar-refractivity contribution >= 4 is 69.5 Å². The van der Waals surface area contributed by atoms with Gasteiger partial charge in [0.2, 0.25) is 11.8 Å². The van der Waals surface area contributed by atoms with Gasteiger partial charge in [0.05, 0.1) is 11.1 Å². The van der Waals surface area contributed by atoms with Crippen molar-refractivity contribution in [3.63, 3.8) is 0 Å². The third-order valence-corrected chi connectivity index (χ3v) is 18.4. The second-order valence-electron chi connectivity index (χ2n) is 24.6. The Morgan fingerprint density at radius 2 is 1.23 bits per heavy atom. The smallest absolute Gasteiger partial charge is 0.340 e. The van der Waals surface area contributed by atoms with Gasteiger partial charge in [0.15, 0.2) is 11.0 Å². The summed E-state index contributed by atoms with van der Waals surface area (Å²) in [5.41, 5.74) is 2.96. The molecule has 0 radical (unpaired) electrons. The summed E-state index contributed by atoms with van der Waals surface area (Å²) in [6.45, 7) is 6.26. The van der Waals surface area contributed by atoms with Crippen LogP contribution in [-0.2, 0) is 19.9 Å². The van der Waals surface area contributed by atoms with Gasteiger partial charge in [-0.1, -0.05) is 38.3 Å². The zero-order valence-electron chi connectivity index (χ0n) is 52.9. The van der Waals surface area contributed by atoms with Gasteiger partial charge in [0, 0.05) is 165 Å². The molecule has 22 nitrogen and oxygen atoms in total. The lowest BCUT2D eigenvalue weighted by Crippen LogP contribution is -2.63. The lowest BCUT2D eigenvalue weighted by molar-refractivity contribution is -0.133. The largest absolute Gasteiger partial charge is 0.508 e. The van der Waals surface area contributed by atoms with Crippen molar-refractivity contribution < 1.29 is 57.7 Å². The number of likely N-dealkylation sites (N-methyl/N-ethyl adjacent to an activating group) is 1. The van der Waals surface area contributed by atoms with Crippen molar-refractivity contribution in [1.29, 1.82) is 0 Å². The van der Waals surface area contributed by atoms with Crippen LogP contribution in [-0.4, -0.2) is 149 Å².